The van der Waals surface area contributed by atoms with Gasteiger partial charge in [-0.25, -0.2) is 0 Å². The third-order valence-corrected chi connectivity index (χ3v) is 5.39. The Hall–Kier alpha value is -2.83. The van der Waals surface area contributed by atoms with Gasteiger partial charge in [-0.05, 0) is 42.5 Å². The van der Waals surface area contributed by atoms with E-state index in [2.05, 4.69) is 10.3 Å². The highest BCUT2D eigenvalue weighted by Gasteiger charge is 2.32. The van der Waals surface area contributed by atoms with Gasteiger partial charge in [-0.3, -0.25) is 9.78 Å². The van der Waals surface area contributed by atoms with E-state index in [1.165, 1.54) is 0 Å². The molecule has 0 unspecified atom stereocenters. The topological polar surface area (TPSA) is 74.7 Å². The number of piperidine rings is 1. The van der Waals surface area contributed by atoms with Crippen LogP contribution in [0, 0.1) is 0 Å². The van der Waals surface area contributed by atoms with Crippen molar-refractivity contribution in [2.45, 2.75) is 18.6 Å². The van der Waals surface area contributed by atoms with Crippen LogP contribution < -0.4 is 10.1 Å². The number of likely N-dealkylation sites (tertiary alicyclic amines) is 1. The number of benzene rings is 2. The standard InChI is InChI=1S/C22H22ClN3O3/c1-24-19-6-4-15(23)12-17(19)22(28)26-10-8-21(20(27)13-26)29-16-5-7-18-14(11-16)3-2-9-25-18/h2-7,9,11-12,20-21,24,27H,8,10,13H2,1H3/t20-,21-/m1/s1. The van der Waals surface area contributed by atoms with E-state index in [4.69, 9.17) is 16.3 Å². The fourth-order valence-electron chi connectivity index (χ4n) is 3.62. The average Bonchev–Trinajstić information content (AvgIpc) is 2.74. The lowest BCUT2D eigenvalue weighted by Crippen LogP contribution is -2.51. The number of ether oxygens (including phenoxy) is 1. The summed E-state index contributed by atoms with van der Waals surface area (Å²) in [4.78, 5) is 18.9. The number of hydrogen-bond donors (Lipinski definition) is 2. The predicted octanol–water partition coefficient (Wildman–Crippen LogP) is 3.58. The summed E-state index contributed by atoms with van der Waals surface area (Å²) in [6.07, 6.45) is 1.12. The first-order chi connectivity index (χ1) is 14.0. The molecule has 1 amide bonds. The van der Waals surface area contributed by atoms with Gasteiger partial charge in [0.05, 0.1) is 17.6 Å². The molecule has 1 aliphatic rings. The smallest absolute Gasteiger partial charge is 0.256 e. The first-order valence-corrected chi connectivity index (χ1v) is 9.89. The van der Waals surface area contributed by atoms with Gasteiger partial charge in [0.2, 0.25) is 0 Å². The van der Waals surface area contributed by atoms with Crippen LogP contribution in [0.4, 0.5) is 5.69 Å². The quantitative estimate of drug-likeness (QED) is 0.686. The lowest BCUT2D eigenvalue weighted by atomic mass is 10.0. The molecule has 0 aliphatic carbocycles. The molecule has 7 heteroatoms. The van der Waals surface area contributed by atoms with Crippen molar-refractivity contribution in [3.05, 3.63) is 65.3 Å². The Kier molecular flexibility index (Phi) is 5.56. The van der Waals surface area contributed by atoms with Gasteiger partial charge in [0.1, 0.15) is 18.0 Å². The number of fused-ring (bicyclic) bond motifs is 1. The molecule has 0 spiro atoms. The summed E-state index contributed by atoms with van der Waals surface area (Å²) in [5.41, 5.74) is 2.09. The van der Waals surface area contributed by atoms with Gasteiger partial charge in [-0.2, -0.15) is 0 Å². The number of nitrogens with zero attached hydrogens (tertiary/aromatic N) is 2. The molecule has 2 aromatic carbocycles. The average molecular weight is 412 g/mol. The minimum Gasteiger partial charge on any atom is -0.488 e. The summed E-state index contributed by atoms with van der Waals surface area (Å²) in [6.45, 7) is 0.694. The number of aromatic nitrogens is 1. The number of aliphatic hydroxyl groups excluding tert-OH is 1. The van der Waals surface area contributed by atoms with Crippen LogP contribution in [0.1, 0.15) is 16.8 Å². The molecular formula is C22H22ClN3O3. The van der Waals surface area contributed by atoms with Crippen molar-refractivity contribution in [2.75, 3.05) is 25.5 Å². The summed E-state index contributed by atoms with van der Waals surface area (Å²) in [6, 6.07) is 14.7. The number of hydrogen-bond acceptors (Lipinski definition) is 5. The summed E-state index contributed by atoms with van der Waals surface area (Å²) >= 11 is 6.07. The van der Waals surface area contributed by atoms with Crippen molar-refractivity contribution in [3.63, 3.8) is 0 Å². The zero-order valence-electron chi connectivity index (χ0n) is 16.0. The number of anilines is 1. The second kappa shape index (κ2) is 8.27. The Balaban J connectivity index is 1.45. The number of β-amino-alcohol motifs (C(OH)–C–C–N with tert-alkyl or cyclic N) is 1. The van der Waals surface area contributed by atoms with Crippen LogP contribution in [-0.4, -0.2) is 53.2 Å². The summed E-state index contributed by atoms with van der Waals surface area (Å²) in [7, 11) is 1.76. The second-order valence-electron chi connectivity index (χ2n) is 7.06. The molecule has 150 valence electrons. The minimum atomic E-state index is -0.783. The third kappa shape index (κ3) is 4.13. The number of pyridine rings is 1. The Morgan fingerprint density at radius 1 is 1.28 bits per heavy atom. The Morgan fingerprint density at radius 3 is 2.93 bits per heavy atom. The Bertz CT molecular complexity index is 1040. The second-order valence-corrected chi connectivity index (χ2v) is 7.50. The molecule has 2 heterocycles. The zero-order chi connectivity index (χ0) is 20.4. The van der Waals surface area contributed by atoms with Crippen LogP contribution in [0.25, 0.3) is 10.9 Å². The summed E-state index contributed by atoms with van der Waals surface area (Å²) in [5, 5.41) is 15.1. The first-order valence-electron chi connectivity index (χ1n) is 9.51. The summed E-state index contributed by atoms with van der Waals surface area (Å²) < 4.78 is 6.02. The van der Waals surface area contributed by atoms with E-state index >= 15 is 0 Å². The number of aliphatic hydroxyl groups is 1. The maximum atomic E-state index is 13.0. The number of carbonyl (C=O) groups excluding carboxylic acids is 1. The van der Waals surface area contributed by atoms with Crippen molar-refractivity contribution in [1.29, 1.82) is 0 Å². The largest absolute Gasteiger partial charge is 0.488 e. The molecule has 1 saturated heterocycles. The maximum absolute atomic E-state index is 13.0. The van der Waals surface area contributed by atoms with E-state index in [-0.39, 0.29) is 18.6 Å². The maximum Gasteiger partial charge on any atom is 0.256 e. The highest BCUT2D eigenvalue weighted by atomic mass is 35.5. The molecule has 1 fully saturated rings. The van der Waals surface area contributed by atoms with Gasteiger partial charge >= 0.3 is 0 Å². The van der Waals surface area contributed by atoms with Crippen molar-refractivity contribution in [3.8, 4) is 5.75 Å². The molecular weight excluding hydrogens is 390 g/mol. The van der Waals surface area contributed by atoms with Gasteiger partial charge in [-0.1, -0.05) is 17.7 Å². The SMILES string of the molecule is CNc1ccc(Cl)cc1C(=O)N1CC[C@@H](Oc2ccc3ncccc3c2)[C@H](O)C1. The molecule has 3 aromatic rings. The van der Waals surface area contributed by atoms with Crippen LogP contribution in [0.5, 0.6) is 5.75 Å². The lowest BCUT2D eigenvalue weighted by Gasteiger charge is -2.36. The number of amides is 1. The number of nitrogens with one attached hydrogen (secondary N) is 1. The predicted molar refractivity (Wildman–Crippen MR) is 114 cm³/mol. The van der Waals surface area contributed by atoms with Gasteiger partial charge in [0.15, 0.2) is 0 Å². The molecule has 2 atom stereocenters. The highest BCUT2D eigenvalue weighted by molar-refractivity contribution is 6.31. The van der Waals surface area contributed by atoms with Crippen molar-refractivity contribution < 1.29 is 14.6 Å². The van der Waals surface area contributed by atoms with Gasteiger partial charge in [-0.15, -0.1) is 0 Å². The van der Waals surface area contributed by atoms with Crippen molar-refractivity contribution in [2.24, 2.45) is 0 Å². The number of carbonyl (C=O) groups is 1. The van der Waals surface area contributed by atoms with Gasteiger partial charge in [0.25, 0.3) is 5.91 Å². The molecule has 1 aromatic heterocycles. The summed E-state index contributed by atoms with van der Waals surface area (Å²) in [5.74, 6) is 0.521. The fraction of sp³-hybridized carbons (Fsp3) is 0.273. The van der Waals surface area contributed by atoms with Crippen LogP contribution in [-0.2, 0) is 0 Å². The molecule has 0 saturated carbocycles. The van der Waals surface area contributed by atoms with E-state index < -0.39 is 6.10 Å². The molecule has 1 aliphatic heterocycles. The Morgan fingerprint density at radius 2 is 2.14 bits per heavy atom. The van der Waals surface area contributed by atoms with E-state index in [1.807, 2.05) is 30.3 Å². The molecule has 2 N–H and O–H groups in total. The van der Waals surface area contributed by atoms with E-state index in [1.54, 1.807) is 36.3 Å². The van der Waals surface area contributed by atoms with Gasteiger partial charge < -0.3 is 20.1 Å². The van der Waals surface area contributed by atoms with Crippen LogP contribution in [0.3, 0.4) is 0 Å². The zero-order valence-corrected chi connectivity index (χ0v) is 16.8. The number of halogens is 1. The van der Waals surface area contributed by atoms with Crippen LogP contribution in [0.2, 0.25) is 5.02 Å². The molecule has 0 radical (unpaired) electrons. The van der Waals surface area contributed by atoms with Crippen LogP contribution in [0.15, 0.2) is 54.7 Å². The normalized spacial score (nSPS) is 19.2. The van der Waals surface area contributed by atoms with E-state index in [0.29, 0.717) is 35.0 Å². The van der Waals surface area contributed by atoms with Gasteiger partial charge in [0, 0.05) is 42.3 Å². The molecule has 29 heavy (non-hydrogen) atoms. The van der Waals surface area contributed by atoms with Crippen molar-refractivity contribution in [1.82, 2.24) is 9.88 Å². The Labute approximate surface area is 174 Å². The van der Waals surface area contributed by atoms with Crippen molar-refractivity contribution >= 4 is 34.1 Å². The highest BCUT2D eigenvalue weighted by Crippen LogP contribution is 2.26. The van der Waals surface area contributed by atoms with E-state index in [0.717, 1.165) is 10.9 Å². The molecule has 0 bridgehead atoms. The molecule has 6 nitrogen and oxygen atoms in total. The first kappa shape index (κ1) is 19.5. The lowest BCUT2D eigenvalue weighted by molar-refractivity contribution is -0.0198. The fourth-order valence-corrected chi connectivity index (χ4v) is 3.79. The monoisotopic (exact) mass is 411 g/mol. The number of rotatable bonds is 4. The third-order valence-electron chi connectivity index (χ3n) is 5.15. The molecule has 4 rings (SSSR count). The van der Waals surface area contributed by atoms with E-state index in [9.17, 15) is 9.90 Å². The minimum absolute atomic E-state index is 0.161. The van der Waals surface area contributed by atoms with Crippen LogP contribution >= 0.6 is 11.6 Å².